The average molecular weight is 268 g/mol. The van der Waals surface area contributed by atoms with Crippen molar-refractivity contribution in [3.63, 3.8) is 0 Å². The van der Waals surface area contributed by atoms with Crippen LogP contribution in [0.25, 0.3) is 0 Å². The SMILES string of the molecule is CC1CCN(C(C)CN=C(N)N2CCOCC2)CC1. The summed E-state index contributed by atoms with van der Waals surface area (Å²) in [5, 5.41) is 0. The highest BCUT2D eigenvalue weighted by molar-refractivity contribution is 5.78. The quantitative estimate of drug-likeness (QED) is 0.606. The van der Waals surface area contributed by atoms with Gasteiger partial charge < -0.3 is 15.4 Å². The third-order valence-corrected chi connectivity index (χ3v) is 4.29. The zero-order chi connectivity index (χ0) is 13.7. The predicted molar refractivity (Wildman–Crippen MR) is 78.3 cm³/mol. The van der Waals surface area contributed by atoms with Crippen LogP contribution in [0.1, 0.15) is 26.7 Å². The number of morpholine rings is 1. The van der Waals surface area contributed by atoms with Crippen molar-refractivity contribution in [2.45, 2.75) is 32.7 Å². The summed E-state index contributed by atoms with van der Waals surface area (Å²) < 4.78 is 5.32. The summed E-state index contributed by atoms with van der Waals surface area (Å²) in [5.41, 5.74) is 6.05. The third-order valence-electron chi connectivity index (χ3n) is 4.29. The predicted octanol–water partition coefficient (Wildman–Crippen LogP) is 0.754. The summed E-state index contributed by atoms with van der Waals surface area (Å²) >= 11 is 0. The van der Waals surface area contributed by atoms with E-state index in [4.69, 9.17) is 10.5 Å². The van der Waals surface area contributed by atoms with Crippen LogP contribution in [0, 0.1) is 5.92 Å². The monoisotopic (exact) mass is 268 g/mol. The molecule has 2 fully saturated rings. The zero-order valence-electron chi connectivity index (χ0n) is 12.3. The van der Waals surface area contributed by atoms with Gasteiger partial charge >= 0.3 is 0 Å². The topological polar surface area (TPSA) is 54.1 Å². The number of ether oxygens (including phenoxy) is 1. The van der Waals surface area contributed by atoms with Gasteiger partial charge in [0.05, 0.1) is 19.8 Å². The van der Waals surface area contributed by atoms with Gasteiger partial charge in [0.25, 0.3) is 0 Å². The summed E-state index contributed by atoms with van der Waals surface area (Å²) in [6, 6.07) is 0.493. The molecule has 0 saturated carbocycles. The van der Waals surface area contributed by atoms with Gasteiger partial charge in [-0.05, 0) is 38.8 Å². The number of nitrogens with two attached hydrogens (primary N) is 1. The summed E-state index contributed by atoms with van der Waals surface area (Å²) in [6.07, 6.45) is 2.63. The molecule has 19 heavy (non-hydrogen) atoms. The molecule has 2 aliphatic heterocycles. The lowest BCUT2D eigenvalue weighted by Crippen LogP contribution is -2.46. The van der Waals surface area contributed by atoms with E-state index in [1.54, 1.807) is 0 Å². The maximum Gasteiger partial charge on any atom is 0.191 e. The second-order valence-electron chi connectivity index (χ2n) is 5.87. The first kappa shape index (κ1) is 14.6. The average Bonchev–Trinajstić information content (AvgIpc) is 2.46. The highest BCUT2D eigenvalue weighted by atomic mass is 16.5. The van der Waals surface area contributed by atoms with E-state index in [1.165, 1.54) is 25.9 Å². The number of piperidine rings is 1. The highest BCUT2D eigenvalue weighted by Crippen LogP contribution is 2.18. The molecular formula is C14H28N4O. The van der Waals surface area contributed by atoms with Crippen LogP contribution in [0.5, 0.6) is 0 Å². The van der Waals surface area contributed by atoms with Crippen molar-refractivity contribution < 1.29 is 4.74 Å². The molecule has 2 heterocycles. The Balaban J connectivity index is 1.76. The Hall–Kier alpha value is -0.810. The number of aliphatic imine (C=N–C) groups is 1. The molecular weight excluding hydrogens is 240 g/mol. The van der Waals surface area contributed by atoms with Gasteiger partial charge in [0.2, 0.25) is 0 Å². The Bertz CT molecular complexity index is 294. The maximum atomic E-state index is 6.05. The van der Waals surface area contributed by atoms with Crippen molar-refractivity contribution >= 4 is 5.96 Å². The van der Waals surface area contributed by atoms with Crippen LogP contribution >= 0.6 is 0 Å². The molecule has 0 aliphatic carbocycles. The molecule has 0 aromatic carbocycles. The number of rotatable bonds is 3. The van der Waals surface area contributed by atoms with Crippen LogP contribution in [0.15, 0.2) is 4.99 Å². The molecule has 0 aromatic heterocycles. The second kappa shape index (κ2) is 7.10. The summed E-state index contributed by atoms with van der Waals surface area (Å²) in [7, 11) is 0. The smallest absolute Gasteiger partial charge is 0.191 e. The summed E-state index contributed by atoms with van der Waals surface area (Å²) in [6.45, 7) is 11.1. The fourth-order valence-corrected chi connectivity index (χ4v) is 2.70. The van der Waals surface area contributed by atoms with Gasteiger partial charge in [-0.1, -0.05) is 6.92 Å². The Morgan fingerprint density at radius 1 is 1.26 bits per heavy atom. The van der Waals surface area contributed by atoms with Gasteiger partial charge in [0.15, 0.2) is 5.96 Å². The molecule has 2 rings (SSSR count). The van der Waals surface area contributed by atoms with E-state index in [9.17, 15) is 0 Å². The minimum atomic E-state index is 0.493. The number of nitrogens with zero attached hydrogens (tertiary/aromatic N) is 3. The minimum Gasteiger partial charge on any atom is -0.378 e. The van der Waals surface area contributed by atoms with Crippen molar-refractivity contribution in [2.24, 2.45) is 16.6 Å². The Morgan fingerprint density at radius 2 is 1.89 bits per heavy atom. The first-order valence-electron chi connectivity index (χ1n) is 7.53. The molecule has 0 spiro atoms. The van der Waals surface area contributed by atoms with Gasteiger partial charge in [-0.2, -0.15) is 0 Å². The fraction of sp³-hybridized carbons (Fsp3) is 0.929. The van der Waals surface area contributed by atoms with Crippen LogP contribution < -0.4 is 5.73 Å². The van der Waals surface area contributed by atoms with E-state index < -0.39 is 0 Å². The molecule has 2 aliphatic rings. The summed E-state index contributed by atoms with van der Waals surface area (Å²) in [4.78, 5) is 9.22. The van der Waals surface area contributed by atoms with Crippen molar-refractivity contribution in [2.75, 3.05) is 45.9 Å². The van der Waals surface area contributed by atoms with Gasteiger partial charge in [-0.15, -0.1) is 0 Å². The summed E-state index contributed by atoms with van der Waals surface area (Å²) in [5.74, 6) is 1.56. The third kappa shape index (κ3) is 4.35. The van der Waals surface area contributed by atoms with Crippen LogP contribution in [-0.4, -0.2) is 67.7 Å². The van der Waals surface area contributed by atoms with E-state index in [1.807, 2.05) is 0 Å². The molecule has 2 N–H and O–H groups in total. The Kier molecular flexibility index (Phi) is 5.45. The molecule has 1 atom stereocenters. The van der Waals surface area contributed by atoms with Gasteiger partial charge in [-0.3, -0.25) is 9.89 Å². The molecule has 5 nitrogen and oxygen atoms in total. The van der Waals surface area contributed by atoms with Crippen molar-refractivity contribution in [3.05, 3.63) is 0 Å². The molecule has 5 heteroatoms. The molecule has 1 unspecified atom stereocenters. The fourth-order valence-electron chi connectivity index (χ4n) is 2.70. The van der Waals surface area contributed by atoms with Crippen LogP contribution in [0.2, 0.25) is 0 Å². The number of hydrogen-bond acceptors (Lipinski definition) is 3. The van der Waals surface area contributed by atoms with Crippen molar-refractivity contribution in [1.29, 1.82) is 0 Å². The number of hydrogen-bond donors (Lipinski definition) is 1. The first-order chi connectivity index (χ1) is 9.16. The lowest BCUT2D eigenvalue weighted by molar-refractivity contribution is 0.0673. The lowest BCUT2D eigenvalue weighted by atomic mass is 9.98. The molecule has 0 radical (unpaired) electrons. The van der Waals surface area contributed by atoms with Crippen LogP contribution in [-0.2, 0) is 4.74 Å². The first-order valence-corrected chi connectivity index (χ1v) is 7.53. The lowest BCUT2D eigenvalue weighted by Gasteiger charge is -2.34. The normalized spacial score (nSPS) is 25.6. The van der Waals surface area contributed by atoms with E-state index in [2.05, 4.69) is 28.6 Å². The number of likely N-dealkylation sites (tertiary alicyclic amines) is 1. The second-order valence-corrected chi connectivity index (χ2v) is 5.87. The molecule has 2 saturated heterocycles. The molecule has 0 amide bonds. The Morgan fingerprint density at radius 3 is 2.53 bits per heavy atom. The standard InChI is InChI=1S/C14H28N4O/c1-12-3-5-17(6-4-12)13(2)11-16-14(15)18-7-9-19-10-8-18/h12-13H,3-11H2,1-2H3,(H2,15,16). The van der Waals surface area contributed by atoms with Crippen LogP contribution in [0.4, 0.5) is 0 Å². The van der Waals surface area contributed by atoms with Gasteiger partial charge in [0, 0.05) is 19.1 Å². The largest absolute Gasteiger partial charge is 0.378 e. The van der Waals surface area contributed by atoms with Crippen molar-refractivity contribution in [3.8, 4) is 0 Å². The highest BCUT2D eigenvalue weighted by Gasteiger charge is 2.20. The minimum absolute atomic E-state index is 0.493. The molecule has 0 aromatic rings. The van der Waals surface area contributed by atoms with Crippen LogP contribution in [0.3, 0.4) is 0 Å². The van der Waals surface area contributed by atoms with Gasteiger partial charge in [-0.25, -0.2) is 0 Å². The molecule has 0 bridgehead atoms. The van der Waals surface area contributed by atoms with E-state index in [0.29, 0.717) is 12.0 Å². The maximum absolute atomic E-state index is 6.05. The number of guanidine groups is 1. The molecule has 110 valence electrons. The van der Waals surface area contributed by atoms with E-state index in [0.717, 1.165) is 38.8 Å². The van der Waals surface area contributed by atoms with Crippen molar-refractivity contribution in [1.82, 2.24) is 9.80 Å². The van der Waals surface area contributed by atoms with Gasteiger partial charge in [0.1, 0.15) is 0 Å². The Labute approximate surface area is 116 Å². The van der Waals surface area contributed by atoms with E-state index >= 15 is 0 Å². The van der Waals surface area contributed by atoms with E-state index in [-0.39, 0.29) is 0 Å². The zero-order valence-corrected chi connectivity index (χ0v) is 12.3.